The van der Waals surface area contributed by atoms with Crippen molar-refractivity contribution in [1.82, 2.24) is 5.32 Å². The van der Waals surface area contributed by atoms with Gasteiger partial charge in [0.15, 0.2) is 0 Å². The Bertz CT molecular complexity index is 520. The molecule has 2 aromatic carbocycles. The molecular weight excluding hydrogens is 250 g/mol. The minimum absolute atomic E-state index is 0.0775. The smallest absolute Gasteiger partial charge is 0.118 e. The van der Waals surface area contributed by atoms with Gasteiger partial charge in [0.1, 0.15) is 5.75 Å². The van der Waals surface area contributed by atoms with E-state index in [1.165, 1.54) is 11.1 Å². The molecule has 1 atom stereocenters. The Morgan fingerprint density at radius 2 is 1.55 bits per heavy atom. The van der Waals surface area contributed by atoms with E-state index in [1.807, 2.05) is 24.3 Å². The number of ether oxygens (including phenoxy) is 1. The fraction of sp³-hybridized carbons (Fsp3) is 0.294. The molecule has 0 saturated carbocycles. The van der Waals surface area contributed by atoms with Gasteiger partial charge in [-0.15, -0.1) is 0 Å². The van der Waals surface area contributed by atoms with E-state index in [4.69, 9.17) is 9.84 Å². The van der Waals surface area contributed by atoms with Crippen LogP contribution in [-0.4, -0.2) is 25.4 Å². The van der Waals surface area contributed by atoms with E-state index in [-0.39, 0.29) is 12.6 Å². The number of rotatable bonds is 6. The van der Waals surface area contributed by atoms with Crippen LogP contribution in [0.15, 0.2) is 48.5 Å². The van der Waals surface area contributed by atoms with Gasteiger partial charge in [-0.2, -0.15) is 0 Å². The van der Waals surface area contributed by atoms with Crippen molar-refractivity contribution in [3.8, 4) is 5.75 Å². The van der Waals surface area contributed by atoms with E-state index in [0.29, 0.717) is 6.54 Å². The summed E-state index contributed by atoms with van der Waals surface area (Å²) >= 11 is 0. The van der Waals surface area contributed by atoms with Gasteiger partial charge in [-0.1, -0.05) is 42.0 Å². The summed E-state index contributed by atoms with van der Waals surface area (Å²) in [4.78, 5) is 0. The van der Waals surface area contributed by atoms with Gasteiger partial charge < -0.3 is 15.2 Å². The third-order valence-electron chi connectivity index (χ3n) is 3.32. The summed E-state index contributed by atoms with van der Waals surface area (Å²) in [6, 6.07) is 16.5. The third kappa shape index (κ3) is 3.59. The maximum absolute atomic E-state index is 9.05. The number of aliphatic hydroxyl groups excluding tert-OH is 1. The Hall–Kier alpha value is -1.84. The SMILES string of the molecule is COc1ccc([C@@H](NCCO)c2ccc(C)cc2)cc1. The lowest BCUT2D eigenvalue weighted by molar-refractivity contribution is 0.288. The zero-order chi connectivity index (χ0) is 14.4. The quantitative estimate of drug-likeness (QED) is 0.848. The minimum atomic E-state index is 0.0775. The molecule has 2 rings (SSSR count). The second-order valence-electron chi connectivity index (χ2n) is 4.79. The van der Waals surface area contributed by atoms with E-state index >= 15 is 0 Å². The third-order valence-corrected chi connectivity index (χ3v) is 3.32. The van der Waals surface area contributed by atoms with E-state index in [1.54, 1.807) is 7.11 Å². The standard InChI is InChI=1S/C17H21NO2/c1-13-3-5-14(6-4-13)17(18-11-12-19)15-7-9-16(20-2)10-8-15/h3-10,17-19H,11-12H2,1-2H3/t17-/m0/s1. The summed E-state index contributed by atoms with van der Waals surface area (Å²) < 4.78 is 5.19. The Morgan fingerprint density at radius 3 is 2.05 bits per heavy atom. The molecule has 0 aliphatic heterocycles. The molecule has 106 valence electrons. The fourth-order valence-corrected chi connectivity index (χ4v) is 2.19. The number of hydrogen-bond donors (Lipinski definition) is 2. The number of benzene rings is 2. The van der Waals surface area contributed by atoms with Crippen LogP contribution in [0.3, 0.4) is 0 Å². The van der Waals surface area contributed by atoms with Crippen molar-refractivity contribution in [2.75, 3.05) is 20.3 Å². The largest absolute Gasteiger partial charge is 0.497 e. The average molecular weight is 271 g/mol. The minimum Gasteiger partial charge on any atom is -0.497 e. The summed E-state index contributed by atoms with van der Waals surface area (Å²) in [5.74, 6) is 0.846. The summed E-state index contributed by atoms with van der Waals surface area (Å²) in [5.41, 5.74) is 3.58. The molecule has 0 radical (unpaired) electrons. The van der Waals surface area contributed by atoms with Crippen molar-refractivity contribution in [2.45, 2.75) is 13.0 Å². The van der Waals surface area contributed by atoms with Crippen LogP contribution in [0.1, 0.15) is 22.7 Å². The Labute approximate surface area is 120 Å². The first-order valence-corrected chi connectivity index (χ1v) is 6.79. The lowest BCUT2D eigenvalue weighted by atomic mass is 9.97. The van der Waals surface area contributed by atoms with Gasteiger partial charge in [0, 0.05) is 6.54 Å². The molecule has 3 heteroatoms. The molecular formula is C17H21NO2. The molecule has 0 spiro atoms. The van der Waals surface area contributed by atoms with Gasteiger partial charge in [0.05, 0.1) is 19.8 Å². The van der Waals surface area contributed by atoms with Crippen LogP contribution >= 0.6 is 0 Å². The number of aliphatic hydroxyl groups is 1. The van der Waals surface area contributed by atoms with Gasteiger partial charge in [0.25, 0.3) is 0 Å². The highest BCUT2D eigenvalue weighted by Crippen LogP contribution is 2.24. The molecule has 3 nitrogen and oxygen atoms in total. The van der Waals surface area contributed by atoms with Gasteiger partial charge >= 0.3 is 0 Å². The molecule has 0 saturated heterocycles. The average Bonchev–Trinajstić information content (AvgIpc) is 2.50. The highest BCUT2D eigenvalue weighted by molar-refractivity contribution is 5.36. The topological polar surface area (TPSA) is 41.5 Å². The van der Waals surface area contributed by atoms with Gasteiger partial charge in [0.2, 0.25) is 0 Å². The molecule has 0 fully saturated rings. The molecule has 0 aliphatic carbocycles. The first-order chi connectivity index (χ1) is 9.74. The summed E-state index contributed by atoms with van der Waals surface area (Å²) in [5, 5.41) is 12.4. The van der Waals surface area contributed by atoms with Crippen LogP contribution in [0.5, 0.6) is 5.75 Å². The predicted molar refractivity (Wildman–Crippen MR) is 81.1 cm³/mol. The van der Waals surface area contributed by atoms with Crippen molar-refractivity contribution >= 4 is 0 Å². The summed E-state index contributed by atoms with van der Waals surface area (Å²) in [6.07, 6.45) is 0. The highest BCUT2D eigenvalue weighted by atomic mass is 16.5. The van der Waals surface area contributed by atoms with Gasteiger partial charge in [-0.05, 0) is 30.2 Å². The molecule has 2 aromatic rings. The Morgan fingerprint density at radius 1 is 1.00 bits per heavy atom. The van der Waals surface area contributed by atoms with Gasteiger partial charge in [-0.3, -0.25) is 0 Å². The lowest BCUT2D eigenvalue weighted by Crippen LogP contribution is -2.25. The van der Waals surface area contributed by atoms with Crippen molar-refractivity contribution in [3.63, 3.8) is 0 Å². The summed E-state index contributed by atoms with van der Waals surface area (Å²) in [7, 11) is 1.66. The van der Waals surface area contributed by atoms with E-state index < -0.39 is 0 Å². The van der Waals surface area contributed by atoms with Crippen molar-refractivity contribution in [1.29, 1.82) is 0 Å². The van der Waals surface area contributed by atoms with E-state index in [0.717, 1.165) is 11.3 Å². The number of aryl methyl sites for hydroxylation is 1. The van der Waals surface area contributed by atoms with Crippen LogP contribution in [0.4, 0.5) is 0 Å². The van der Waals surface area contributed by atoms with Crippen LogP contribution in [-0.2, 0) is 0 Å². The first kappa shape index (κ1) is 14.6. The zero-order valence-corrected chi connectivity index (χ0v) is 12.0. The van der Waals surface area contributed by atoms with Crippen molar-refractivity contribution < 1.29 is 9.84 Å². The number of nitrogens with one attached hydrogen (secondary N) is 1. The van der Waals surface area contributed by atoms with Crippen molar-refractivity contribution in [3.05, 3.63) is 65.2 Å². The summed E-state index contributed by atoms with van der Waals surface area (Å²) in [6.45, 7) is 2.76. The molecule has 0 unspecified atom stereocenters. The van der Waals surface area contributed by atoms with E-state index in [2.05, 4.69) is 36.5 Å². The maximum atomic E-state index is 9.05. The lowest BCUT2D eigenvalue weighted by Gasteiger charge is -2.20. The molecule has 0 aliphatic rings. The van der Waals surface area contributed by atoms with Crippen LogP contribution in [0, 0.1) is 6.92 Å². The normalized spacial score (nSPS) is 12.2. The predicted octanol–water partition coefficient (Wildman–Crippen LogP) is 2.67. The van der Waals surface area contributed by atoms with Crippen LogP contribution in [0.25, 0.3) is 0 Å². The second-order valence-corrected chi connectivity index (χ2v) is 4.79. The number of hydrogen-bond acceptors (Lipinski definition) is 3. The monoisotopic (exact) mass is 271 g/mol. The zero-order valence-electron chi connectivity index (χ0n) is 12.0. The molecule has 0 bridgehead atoms. The molecule has 0 amide bonds. The van der Waals surface area contributed by atoms with Crippen molar-refractivity contribution in [2.24, 2.45) is 0 Å². The van der Waals surface area contributed by atoms with E-state index in [9.17, 15) is 0 Å². The highest BCUT2D eigenvalue weighted by Gasteiger charge is 2.13. The Balaban J connectivity index is 2.27. The van der Waals surface area contributed by atoms with Gasteiger partial charge in [-0.25, -0.2) is 0 Å². The fourth-order valence-electron chi connectivity index (χ4n) is 2.19. The maximum Gasteiger partial charge on any atom is 0.118 e. The van der Waals surface area contributed by atoms with Crippen LogP contribution in [0.2, 0.25) is 0 Å². The molecule has 20 heavy (non-hydrogen) atoms. The van der Waals surface area contributed by atoms with Crippen LogP contribution < -0.4 is 10.1 Å². The second kappa shape index (κ2) is 7.08. The molecule has 0 heterocycles. The first-order valence-electron chi connectivity index (χ1n) is 6.79. The number of methoxy groups -OCH3 is 1. The molecule has 2 N–H and O–H groups in total. The molecule has 0 aromatic heterocycles. The Kier molecular flexibility index (Phi) is 5.16.